The van der Waals surface area contributed by atoms with Crippen molar-refractivity contribution in [3.63, 3.8) is 0 Å². The van der Waals surface area contributed by atoms with Gasteiger partial charge < -0.3 is 5.32 Å². The van der Waals surface area contributed by atoms with Gasteiger partial charge >= 0.3 is 6.18 Å². The summed E-state index contributed by atoms with van der Waals surface area (Å²) in [5.41, 5.74) is 0.471. The Kier molecular flexibility index (Phi) is 5.66. The third-order valence-corrected chi connectivity index (χ3v) is 4.55. The normalized spacial score (nSPS) is 11.6. The molecule has 3 aromatic rings. The molecule has 0 aliphatic heterocycles. The summed E-state index contributed by atoms with van der Waals surface area (Å²) in [4.78, 5) is 12.1. The van der Waals surface area contributed by atoms with Crippen LogP contribution in [0.2, 0.25) is 10.0 Å². The number of aryl methyl sites for hydroxylation is 1. The second-order valence-corrected chi connectivity index (χ2v) is 6.86. The highest BCUT2D eigenvalue weighted by Gasteiger charge is 2.34. The molecule has 0 bridgehead atoms. The molecule has 6 nitrogen and oxygen atoms in total. The van der Waals surface area contributed by atoms with E-state index in [0.29, 0.717) is 22.3 Å². The Morgan fingerprint density at radius 1 is 1.21 bits per heavy atom. The highest BCUT2D eigenvalue weighted by atomic mass is 35.5. The molecule has 2 heterocycles. The first-order valence-corrected chi connectivity index (χ1v) is 8.75. The number of aromatic nitrogens is 4. The number of hydrogen-bond acceptors (Lipinski definition) is 3. The fraction of sp³-hybridized carbons (Fsp3) is 0.235. The van der Waals surface area contributed by atoms with Gasteiger partial charge in [0.2, 0.25) is 5.91 Å². The quantitative estimate of drug-likeness (QED) is 0.650. The predicted octanol–water partition coefficient (Wildman–Crippen LogP) is 4.40. The zero-order valence-electron chi connectivity index (χ0n) is 14.5. The number of rotatable bonds is 5. The molecule has 0 spiro atoms. The summed E-state index contributed by atoms with van der Waals surface area (Å²) in [5.74, 6) is -0.519. The first-order chi connectivity index (χ1) is 13.1. The molecule has 0 aliphatic carbocycles. The topological polar surface area (TPSA) is 64.7 Å². The number of nitrogens with zero attached hydrogens (tertiary/aromatic N) is 4. The van der Waals surface area contributed by atoms with Gasteiger partial charge in [0, 0.05) is 11.9 Å². The van der Waals surface area contributed by atoms with Gasteiger partial charge in [-0.15, -0.1) is 0 Å². The molecule has 0 unspecified atom stereocenters. The molecule has 1 N–H and O–H groups in total. The molecule has 2 aromatic heterocycles. The summed E-state index contributed by atoms with van der Waals surface area (Å²) >= 11 is 11.9. The van der Waals surface area contributed by atoms with Gasteiger partial charge in [0.15, 0.2) is 5.69 Å². The van der Waals surface area contributed by atoms with Crippen molar-refractivity contribution < 1.29 is 18.0 Å². The zero-order valence-corrected chi connectivity index (χ0v) is 16.0. The Hall–Kier alpha value is -2.52. The zero-order chi connectivity index (χ0) is 20.5. The predicted molar refractivity (Wildman–Crippen MR) is 98.4 cm³/mol. The number of amides is 1. The highest BCUT2D eigenvalue weighted by molar-refractivity contribution is 6.42. The molecule has 28 heavy (non-hydrogen) atoms. The maximum atomic E-state index is 12.7. The lowest BCUT2D eigenvalue weighted by Crippen LogP contribution is -2.20. The number of halogens is 5. The SMILES string of the molecule is Cc1cc(C(F)(F)F)nn1CC(=O)Nc1cnn(Cc2ccc(Cl)c(Cl)c2)c1. The molecule has 148 valence electrons. The second kappa shape index (κ2) is 7.84. The summed E-state index contributed by atoms with van der Waals surface area (Å²) in [6.07, 6.45) is -1.53. The second-order valence-electron chi connectivity index (χ2n) is 6.05. The third kappa shape index (κ3) is 4.85. The Morgan fingerprint density at radius 2 is 1.96 bits per heavy atom. The van der Waals surface area contributed by atoms with Gasteiger partial charge in [-0.05, 0) is 30.7 Å². The fourth-order valence-corrected chi connectivity index (χ4v) is 2.81. The summed E-state index contributed by atoms with van der Waals surface area (Å²) < 4.78 is 40.7. The summed E-state index contributed by atoms with van der Waals surface area (Å²) in [5, 5.41) is 11.0. The van der Waals surface area contributed by atoms with Crippen molar-refractivity contribution in [2.45, 2.75) is 26.2 Å². The van der Waals surface area contributed by atoms with Crippen LogP contribution in [0.1, 0.15) is 17.0 Å². The van der Waals surface area contributed by atoms with Crippen LogP contribution in [0.3, 0.4) is 0 Å². The van der Waals surface area contributed by atoms with Crippen LogP contribution in [0.15, 0.2) is 36.7 Å². The van der Waals surface area contributed by atoms with Gasteiger partial charge in [0.1, 0.15) is 6.54 Å². The van der Waals surface area contributed by atoms with Crippen molar-refractivity contribution in [2.24, 2.45) is 0 Å². The van der Waals surface area contributed by atoms with E-state index < -0.39 is 17.8 Å². The molecular formula is C17H14Cl2F3N5O. The van der Waals surface area contributed by atoms with Gasteiger partial charge in [-0.1, -0.05) is 29.3 Å². The van der Waals surface area contributed by atoms with Gasteiger partial charge in [-0.3, -0.25) is 14.2 Å². The molecule has 1 aromatic carbocycles. The van der Waals surface area contributed by atoms with E-state index in [1.165, 1.54) is 13.1 Å². The molecule has 0 aliphatic rings. The standard InChI is InChI=1S/C17H14Cl2F3N5O/c1-10-4-15(17(20,21)22)25-27(10)9-16(28)24-12-6-23-26(8-12)7-11-2-3-13(18)14(19)5-11/h2-6,8H,7,9H2,1H3,(H,24,28). The van der Waals surface area contributed by atoms with E-state index >= 15 is 0 Å². The third-order valence-electron chi connectivity index (χ3n) is 3.81. The first kappa shape index (κ1) is 20.2. The Morgan fingerprint density at radius 3 is 2.61 bits per heavy atom. The largest absolute Gasteiger partial charge is 0.435 e. The lowest BCUT2D eigenvalue weighted by molar-refractivity contribution is -0.141. The summed E-state index contributed by atoms with van der Waals surface area (Å²) in [6, 6.07) is 6.07. The molecule has 3 rings (SSSR count). The molecule has 0 saturated carbocycles. The highest BCUT2D eigenvalue weighted by Crippen LogP contribution is 2.28. The molecule has 0 fully saturated rings. The minimum Gasteiger partial charge on any atom is -0.322 e. The van der Waals surface area contributed by atoms with Crippen LogP contribution in [0.5, 0.6) is 0 Å². The minimum atomic E-state index is -4.56. The number of benzene rings is 1. The van der Waals surface area contributed by atoms with E-state index in [2.05, 4.69) is 15.5 Å². The Balaban J connectivity index is 1.62. The van der Waals surface area contributed by atoms with Crippen LogP contribution in [-0.2, 0) is 24.1 Å². The Bertz CT molecular complexity index is 1010. The van der Waals surface area contributed by atoms with Gasteiger partial charge in [-0.25, -0.2) is 0 Å². The number of hydrogen-bond donors (Lipinski definition) is 1. The maximum Gasteiger partial charge on any atom is 0.435 e. The smallest absolute Gasteiger partial charge is 0.322 e. The number of carbonyl (C=O) groups excluding carboxylic acids is 1. The average Bonchev–Trinajstić information content (AvgIpc) is 3.18. The van der Waals surface area contributed by atoms with E-state index in [1.54, 1.807) is 29.1 Å². The van der Waals surface area contributed by atoms with Crippen LogP contribution in [-0.4, -0.2) is 25.5 Å². The van der Waals surface area contributed by atoms with Gasteiger partial charge in [0.05, 0.1) is 28.5 Å². The summed E-state index contributed by atoms with van der Waals surface area (Å²) in [6.45, 7) is 1.50. The molecule has 11 heteroatoms. The van der Waals surface area contributed by atoms with Crippen molar-refractivity contribution in [2.75, 3.05) is 5.32 Å². The van der Waals surface area contributed by atoms with Crippen LogP contribution in [0.25, 0.3) is 0 Å². The van der Waals surface area contributed by atoms with Crippen molar-refractivity contribution in [1.29, 1.82) is 0 Å². The lowest BCUT2D eigenvalue weighted by Gasteiger charge is -2.05. The fourth-order valence-electron chi connectivity index (χ4n) is 2.48. The van der Waals surface area contributed by atoms with E-state index in [4.69, 9.17) is 23.2 Å². The lowest BCUT2D eigenvalue weighted by atomic mass is 10.2. The number of alkyl halides is 3. The van der Waals surface area contributed by atoms with Crippen molar-refractivity contribution in [3.05, 3.63) is 63.7 Å². The van der Waals surface area contributed by atoms with Crippen molar-refractivity contribution >= 4 is 34.8 Å². The molecule has 0 radical (unpaired) electrons. The number of carbonyl (C=O) groups is 1. The molecular weight excluding hydrogens is 418 g/mol. The molecule has 0 atom stereocenters. The molecule has 1 amide bonds. The van der Waals surface area contributed by atoms with Crippen LogP contribution in [0.4, 0.5) is 18.9 Å². The average molecular weight is 432 g/mol. The van der Waals surface area contributed by atoms with Crippen molar-refractivity contribution in [1.82, 2.24) is 19.6 Å². The minimum absolute atomic E-state index is 0.234. The van der Waals surface area contributed by atoms with Crippen LogP contribution >= 0.6 is 23.2 Å². The maximum absolute atomic E-state index is 12.7. The molecule has 0 saturated heterocycles. The number of nitrogens with one attached hydrogen (secondary N) is 1. The Labute approximate surface area is 167 Å². The van der Waals surface area contributed by atoms with Gasteiger partial charge in [-0.2, -0.15) is 23.4 Å². The van der Waals surface area contributed by atoms with Crippen LogP contribution in [0, 0.1) is 6.92 Å². The van der Waals surface area contributed by atoms with Crippen LogP contribution < -0.4 is 5.32 Å². The van der Waals surface area contributed by atoms with Gasteiger partial charge in [0.25, 0.3) is 0 Å². The van der Waals surface area contributed by atoms with Crippen molar-refractivity contribution in [3.8, 4) is 0 Å². The van der Waals surface area contributed by atoms with E-state index in [-0.39, 0.29) is 12.2 Å². The summed E-state index contributed by atoms with van der Waals surface area (Å²) in [7, 11) is 0. The number of anilines is 1. The van der Waals surface area contributed by atoms with E-state index in [1.807, 2.05) is 0 Å². The monoisotopic (exact) mass is 431 g/mol. The van der Waals surface area contributed by atoms with E-state index in [0.717, 1.165) is 16.3 Å². The first-order valence-electron chi connectivity index (χ1n) is 7.99. The van der Waals surface area contributed by atoms with E-state index in [9.17, 15) is 18.0 Å².